The van der Waals surface area contributed by atoms with E-state index in [2.05, 4.69) is 6.92 Å². The fraction of sp³-hybridized carbons (Fsp3) is 0.889. The van der Waals surface area contributed by atoms with E-state index in [1.54, 1.807) is 0 Å². The average molecular weight is 156 g/mol. The van der Waals surface area contributed by atoms with Gasteiger partial charge in [-0.3, -0.25) is 0 Å². The van der Waals surface area contributed by atoms with Crippen LogP contribution in [0.1, 0.15) is 32.6 Å². The molecule has 1 rings (SSSR count). The van der Waals surface area contributed by atoms with Crippen molar-refractivity contribution in [1.82, 2.24) is 0 Å². The van der Waals surface area contributed by atoms with Crippen LogP contribution in [0.2, 0.25) is 0 Å². The number of carbonyl (C=O) groups is 1. The SMILES string of the molecule is CC1CCCCC1(C=O)CO. The molecule has 0 saturated heterocycles. The quantitative estimate of drug-likeness (QED) is 0.613. The van der Waals surface area contributed by atoms with E-state index in [9.17, 15) is 4.79 Å². The van der Waals surface area contributed by atoms with Gasteiger partial charge in [0.1, 0.15) is 6.29 Å². The van der Waals surface area contributed by atoms with E-state index in [1.807, 2.05) is 0 Å². The van der Waals surface area contributed by atoms with Gasteiger partial charge in [-0.05, 0) is 18.8 Å². The van der Waals surface area contributed by atoms with Gasteiger partial charge < -0.3 is 9.90 Å². The van der Waals surface area contributed by atoms with Crippen molar-refractivity contribution in [3.05, 3.63) is 0 Å². The number of hydrogen-bond donors (Lipinski definition) is 1. The zero-order valence-electron chi connectivity index (χ0n) is 7.05. The maximum absolute atomic E-state index is 10.8. The normalized spacial score (nSPS) is 38.5. The van der Waals surface area contributed by atoms with Gasteiger partial charge in [-0.2, -0.15) is 0 Å². The van der Waals surface area contributed by atoms with Gasteiger partial charge in [0.2, 0.25) is 0 Å². The highest BCUT2D eigenvalue weighted by Crippen LogP contribution is 2.38. The van der Waals surface area contributed by atoms with E-state index in [-0.39, 0.29) is 6.61 Å². The predicted octanol–water partition coefficient (Wildman–Crippen LogP) is 1.37. The molecule has 1 aliphatic carbocycles. The van der Waals surface area contributed by atoms with Gasteiger partial charge in [0.05, 0.1) is 12.0 Å². The second-order valence-corrected chi connectivity index (χ2v) is 3.66. The zero-order chi connectivity index (χ0) is 8.32. The van der Waals surface area contributed by atoms with Gasteiger partial charge in [-0.15, -0.1) is 0 Å². The molecule has 2 nitrogen and oxygen atoms in total. The molecule has 2 atom stereocenters. The summed E-state index contributed by atoms with van der Waals surface area (Å²) in [6, 6.07) is 0. The summed E-state index contributed by atoms with van der Waals surface area (Å²) in [6.07, 6.45) is 5.20. The predicted molar refractivity (Wildman–Crippen MR) is 43.2 cm³/mol. The Labute approximate surface area is 67.6 Å². The zero-order valence-corrected chi connectivity index (χ0v) is 7.05. The van der Waals surface area contributed by atoms with Crippen molar-refractivity contribution in [2.75, 3.05) is 6.61 Å². The topological polar surface area (TPSA) is 37.3 Å². The smallest absolute Gasteiger partial charge is 0.128 e. The first-order chi connectivity index (χ1) is 5.25. The first-order valence-electron chi connectivity index (χ1n) is 4.32. The minimum Gasteiger partial charge on any atom is -0.395 e. The van der Waals surface area contributed by atoms with Gasteiger partial charge >= 0.3 is 0 Å². The van der Waals surface area contributed by atoms with Crippen molar-refractivity contribution >= 4 is 6.29 Å². The molecule has 1 saturated carbocycles. The minimum absolute atomic E-state index is 0.0255. The molecule has 0 spiro atoms. The molecule has 64 valence electrons. The molecule has 0 bridgehead atoms. The summed E-state index contributed by atoms with van der Waals surface area (Å²) < 4.78 is 0. The Kier molecular flexibility index (Phi) is 2.66. The van der Waals surface area contributed by atoms with Gasteiger partial charge in [0, 0.05) is 0 Å². The van der Waals surface area contributed by atoms with Crippen LogP contribution in [0.15, 0.2) is 0 Å². The molecule has 1 fully saturated rings. The maximum Gasteiger partial charge on any atom is 0.128 e. The van der Waals surface area contributed by atoms with Crippen LogP contribution >= 0.6 is 0 Å². The van der Waals surface area contributed by atoms with E-state index in [0.29, 0.717) is 5.92 Å². The highest BCUT2D eigenvalue weighted by molar-refractivity contribution is 5.60. The fourth-order valence-corrected chi connectivity index (χ4v) is 1.89. The van der Waals surface area contributed by atoms with Crippen LogP contribution in [-0.4, -0.2) is 18.0 Å². The summed E-state index contributed by atoms with van der Waals surface area (Å²) in [5.41, 5.74) is -0.405. The first-order valence-corrected chi connectivity index (χ1v) is 4.32. The Morgan fingerprint density at radius 1 is 1.64 bits per heavy atom. The second-order valence-electron chi connectivity index (χ2n) is 3.66. The second kappa shape index (κ2) is 3.35. The summed E-state index contributed by atoms with van der Waals surface area (Å²) in [6.45, 7) is 2.08. The molecule has 0 heterocycles. The largest absolute Gasteiger partial charge is 0.395 e. The summed E-state index contributed by atoms with van der Waals surface area (Å²) >= 11 is 0. The number of carbonyl (C=O) groups excluding carboxylic acids is 1. The fourth-order valence-electron chi connectivity index (χ4n) is 1.89. The Bertz CT molecular complexity index is 144. The lowest BCUT2D eigenvalue weighted by molar-refractivity contribution is -0.123. The van der Waals surface area contributed by atoms with E-state index in [0.717, 1.165) is 25.5 Å². The minimum atomic E-state index is -0.405. The van der Waals surface area contributed by atoms with E-state index >= 15 is 0 Å². The molecule has 2 heteroatoms. The summed E-state index contributed by atoms with van der Waals surface area (Å²) in [7, 11) is 0. The van der Waals surface area contributed by atoms with Crippen molar-refractivity contribution in [3.63, 3.8) is 0 Å². The molecule has 2 unspecified atom stereocenters. The Morgan fingerprint density at radius 2 is 2.36 bits per heavy atom. The summed E-state index contributed by atoms with van der Waals surface area (Å²) in [5.74, 6) is 0.360. The number of aldehydes is 1. The highest BCUT2D eigenvalue weighted by Gasteiger charge is 2.37. The van der Waals surface area contributed by atoms with Crippen molar-refractivity contribution in [2.45, 2.75) is 32.6 Å². The molecule has 1 aliphatic rings. The van der Waals surface area contributed by atoms with Gasteiger partial charge in [-0.1, -0.05) is 19.8 Å². The molecule has 0 aromatic carbocycles. The van der Waals surface area contributed by atoms with Crippen molar-refractivity contribution < 1.29 is 9.90 Å². The molecule has 0 aromatic rings. The number of rotatable bonds is 2. The monoisotopic (exact) mass is 156 g/mol. The lowest BCUT2D eigenvalue weighted by atomic mass is 9.68. The third-order valence-corrected chi connectivity index (χ3v) is 3.04. The summed E-state index contributed by atoms with van der Waals surface area (Å²) in [5, 5.41) is 9.08. The highest BCUT2D eigenvalue weighted by atomic mass is 16.3. The number of hydrogen-bond acceptors (Lipinski definition) is 2. The molecule has 0 aromatic heterocycles. The van der Waals surface area contributed by atoms with Gasteiger partial charge in [-0.25, -0.2) is 0 Å². The van der Waals surface area contributed by atoms with Crippen molar-refractivity contribution in [1.29, 1.82) is 0 Å². The maximum atomic E-state index is 10.8. The van der Waals surface area contributed by atoms with E-state index in [4.69, 9.17) is 5.11 Å². The molecular weight excluding hydrogens is 140 g/mol. The van der Waals surface area contributed by atoms with Crippen LogP contribution in [-0.2, 0) is 4.79 Å². The van der Waals surface area contributed by atoms with Gasteiger partial charge in [0.25, 0.3) is 0 Å². The molecular formula is C9H16O2. The van der Waals surface area contributed by atoms with Crippen LogP contribution in [0.3, 0.4) is 0 Å². The average Bonchev–Trinajstić information content (AvgIpc) is 2.06. The van der Waals surface area contributed by atoms with Crippen molar-refractivity contribution in [3.8, 4) is 0 Å². The van der Waals surface area contributed by atoms with Crippen LogP contribution in [0.5, 0.6) is 0 Å². The Balaban J connectivity index is 2.69. The number of aliphatic hydroxyl groups is 1. The third-order valence-electron chi connectivity index (χ3n) is 3.04. The molecule has 1 N–H and O–H groups in total. The first kappa shape index (κ1) is 8.72. The van der Waals surface area contributed by atoms with E-state index < -0.39 is 5.41 Å². The third kappa shape index (κ3) is 1.45. The molecule has 11 heavy (non-hydrogen) atoms. The van der Waals surface area contributed by atoms with Crippen molar-refractivity contribution in [2.24, 2.45) is 11.3 Å². The number of aliphatic hydroxyl groups excluding tert-OH is 1. The lowest BCUT2D eigenvalue weighted by Crippen LogP contribution is -2.37. The summed E-state index contributed by atoms with van der Waals surface area (Å²) in [4.78, 5) is 10.8. The van der Waals surface area contributed by atoms with E-state index in [1.165, 1.54) is 6.42 Å². The lowest BCUT2D eigenvalue weighted by Gasteiger charge is -2.36. The molecule has 0 radical (unpaired) electrons. The standard InChI is InChI=1S/C9H16O2/c1-8-4-2-3-5-9(8,6-10)7-11/h6,8,11H,2-5,7H2,1H3. The molecule has 0 aliphatic heterocycles. The van der Waals surface area contributed by atoms with Crippen LogP contribution in [0, 0.1) is 11.3 Å². The van der Waals surface area contributed by atoms with Crippen LogP contribution in [0.4, 0.5) is 0 Å². The van der Waals surface area contributed by atoms with Crippen LogP contribution < -0.4 is 0 Å². The van der Waals surface area contributed by atoms with Gasteiger partial charge in [0.15, 0.2) is 0 Å². The Hall–Kier alpha value is -0.370. The molecule has 0 amide bonds. The Morgan fingerprint density at radius 3 is 2.73 bits per heavy atom. The van der Waals surface area contributed by atoms with Crippen LogP contribution in [0.25, 0.3) is 0 Å².